The normalized spacial score (nSPS) is 13.9. The summed E-state index contributed by atoms with van der Waals surface area (Å²) in [7, 11) is -4.20. The van der Waals surface area contributed by atoms with Gasteiger partial charge in [0.15, 0.2) is 0 Å². The standard InChI is InChI=1S/C39H45N3O5S/c1-4-47-35-21-23-36(24-22-35)48(45,46)42(34-19-17-29(2)18-20-34)28-38(43)41(27-32-14-10-11-30(3)25-32)37(26-31-12-6-5-7-13-31)39(44)40-33-15-8-9-16-33/h5-7,10-14,17-25,33,37H,4,8-9,15-16,26-28H2,1-3H3,(H,40,44)/t37-/m1/s1. The van der Waals surface area contributed by atoms with Gasteiger partial charge >= 0.3 is 0 Å². The highest BCUT2D eigenvalue weighted by molar-refractivity contribution is 7.92. The minimum Gasteiger partial charge on any atom is -0.494 e. The molecule has 0 aliphatic heterocycles. The van der Waals surface area contributed by atoms with Crippen LogP contribution in [0.2, 0.25) is 0 Å². The molecule has 1 atom stereocenters. The fraction of sp³-hybridized carbons (Fsp3) is 0.333. The lowest BCUT2D eigenvalue weighted by molar-refractivity contribution is -0.140. The summed E-state index contributed by atoms with van der Waals surface area (Å²) < 4.78 is 35.3. The van der Waals surface area contributed by atoms with Crippen molar-refractivity contribution in [1.29, 1.82) is 0 Å². The molecule has 1 aliphatic rings. The molecule has 4 aromatic carbocycles. The maximum absolute atomic E-state index is 14.7. The van der Waals surface area contributed by atoms with E-state index in [4.69, 9.17) is 4.74 Å². The van der Waals surface area contributed by atoms with Crippen molar-refractivity contribution in [3.8, 4) is 5.75 Å². The maximum Gasteiger partial charge on any atom is 0.264 e. The third-order valence-electron chi connectivity index (χ3n) is 8.73. The van der Waals surface area contributed by atoms with E-state index in [1.165, 1.54) is 12.1 Å². The van der Waals surface area contributed by atoms with Crippen LogP contribution in [0.25, 0.3) is 0 Å². The van der Waals surface area contributed by atoms with Gasteiger partial charge in [0, 0.05) is 19.0 Å². The molecule has 4 aromatic rings. The number of aryl methyl sites for hydroxylation is 2. The molecule has 9 heteroatoms. The molecule has 2 amide bonds. The number of carbonyl (C=O) groups excluding carboxylic acids is 2. The largest absolute Gasteiger partial charge is 0.494 e. The predicted molar refractivity (Wildman–Crippen MR) is 189 cm³/mol. The Morgan fingerprint density at radius 2 is 1.50 bits per heavy atom. The number of ether oxygens (including phenoxy) is 1. The summed E-state index contributed by atoms with van der Waals surface area (Å²) in [4.78, 5) is 30.4. The molecule has 1 fully saturated rings. The maximum atomic E-state index is 14.7. The van der Waals surface area contributed by atoms with Crippen LogP contribution in [-0.2, 0) is 32.6 Å². The third-order valence-corrected chi connectivity index (χ3v) is 10.5. The number of benzene rings is 4. The van der Waals surface area contributed by atoms with Crippen LogP contribution in [0.3, 0.4) is 0 Å². The number of amides is 2. The Hall–Kier alpha value is -4.63. The Kier molecular flexibility index (Phi) is 11.5. The van der Waals surface area contributed by atoms with E-state index in [2.05, 4.69) is 5.32 Å². The molecular weight excluding hydrogens is 623 g/mol. The van der Waals surface area contributed by atoms with Gasteiger partial charge in [-0.2, -0.15) is 0 Å². The van der Waals surface area contributed by atoms with Crippen molar-refractivity contribution in [1.82, 2.24) is 10.2 Å². The van der Waals surface area contributed by atoms with Crippen molar-refractivity contribution in [2.75, 3.05) is 17.5 Å². The summed E-state index contributed by atoms with van der Waals surface area (Å²) in [5.74, 6) is -0.159. The van der Waals surface area contributed by atoms with Gasteiger partial charge in [0.05, 0.1) is 17.2 Å². The molecule has 252 valence electrons. The first-order valence-electron chi connectivity index (χ1n) is 16.7. The second kappa shape index (κ2) is 16.0. The van der Waals surface area contributed by atoms with E-state index >= 15 is 0 Å². The number of hydrogen-bond donors (Lipinski definition) is 1. The molecule has 8 nitrogen and oxygen atoms in total. The van der Waals surface area contributed by atoms with Crippen molar-refractivity contribution in [2.45, 2.75) is 76.4 Å². The zero-order valence-electron chi connectivity index (χ0n) is 28.0. The molecule has 0 radical (unpaired) electrons. The van der Waals surface area contributed by atoms with Crippen molar-refractivity contribution in [3.05, 3.63) is 125 Å². The van der Waals surface area contributed by atoms with Crippen molar-refractivity contribution >= 4 is 27.5 Å². The second-order valence-corrected chi connectivity index (χ2v) is 14.3. The van der Waals surface area contributed by atoms with E-state index in [1.807, 2.05) is 87.5 Å². The third kappa shape index (κ3) is 8.83. The summed E-state index contributed by atoms with van der Waals surface area (Å²) in [5.41, 5.74) is 4.09. The smallest absolute Gasteiger partial charge is 0.264 e. The number of sulfonamides is 1. The SMILES string of the molecule is CCOc1ccc(S(=O)(=O)N(CC(=O)N(Cc2cccc(C)c2)[C@H](Cc2ccccc2)C(=O)NC2CCCC2)c2ccc(C)cc2)cc1. The Labute approximate surface area is 284 Å². The highest BCUT2D eigenvalue weighted by Crippen LogP contribution is 2.27. The van der Waals surface area contributed by atoms with Crippen LogP contribution < -0.4 is 14.4 Å². The molecule has 0 bridgehead atoms. The Balaban J connectivity index is 1.55. The molecule has 5 rings (SSSR count). The van der Waals surface area contributed by atoms with E-state index in [9.17, 15) is 18.0 Å². The number of nitrogens with zero attached hydrogens (tertiary/aromatic N) is 2. The van der Waals surface area contributed by atoms with Gasteiger partial charge in [-0.25, -0.2) is 8.42 Å². The van der Waals surface area contributed by atoms with Gasteiger partial charge in [-0.15, -0.1) is 0 Å². The molecule has 0 saturated heterocycles. The number of rotatable bonds is 14. The highest BCUT2D eigenvalue weighted by atomic mass is 32.2. The highest BCUT2D eigenvalue weighted by Gasteiger charge is 2.35. The van der Waals surface area contributed by atoms with Crippen LogP contribution in [0.4, 0.5) is 5.69 Å². The van der Waals surface area contributed by atoms with Crippen LogP contribution >= 0.6 is 0 Å². The topological polar surface area (TPSA) is 96.0 Å². The van der Waals surface area contributed by atoms with Crippen LogP contribution in [0.1, 0.15) is 54.9 Å². The molecule has 1 aliphatic carbocycles. The zero-order valence-corrected chi connectivity index (χ0v) is 28.8. The fourth-order valence-corrected chi connectivity index (χ4v) is 7.58. The molecule has 1 N–H and O–H groups in total. The monoisotopic (exact) mass is 667 g/mol. The van der Waals surface area contributed by atoms with Crippen LogP contribution in [0.5, 0.6) is 5.75 Å². The van der Waals surface area contributed by atoms with E-state index in [0.717, 1.165) is 52.2 Å². The first-order valence-corrected chi connectivity index (χ1v) is 18.1. The lowest BCUT2D eigenvalue weighted by atomic mass is 10.0. The first-order chi connectivity index (χ1) is 23.1. The average Bonchev–Trinajstić information content (AvgIpc) is 3.59. The van der Waals surface area contributed by atoms with Gasteiger partial charge in [0.2, 0.25) is 11.8 Å². The lowest BCUT2D eigenvalue weighted by Crippen LogP contribution is -2.54. The lowest BCUT2D eigenvalue weighted by Gasteiger charge is -2.34. The number of hydrogen-bond acceptors (Lipinski definition) is 5. The number of nitrogens with one attached hydrogen (secondary N) is 1. The minimum absolute atomic E-state index is 0.0318. The Morgan fingerprint density at radius 3 is 2.15 bits per heavy atom. The van der Waals surface area contributed by atoms with Gasteiger partial charge in [0.1, 0.15) is 18.3 Å². The predicted octanol–water partition coefficient (Wildman–Crippen LogP) is 6.60. The van der Waals surface area contributed by atoms with Gasteiger partial charge in [-0.1, -0.05) is 90.7 Å². The van der Waals surface area contributed by atoms with E-state index in [0.29, 0.717) is 18.0 Å². The Morgan fingerprint density at radius 1 is 0.833 bits per heavy atom. The van der Waals surface area contributed by atoms with Gasteiger partial charge in [-0.3, -0.25) is 13.9 Å². The van der Waals surface area contributed by atoms with Crippen molar-refractivity contribution < 1.29 is 22.7 Å². The first kappa shape index (κ1) is 34.7. The molecule has 0 aromatic heterocycles. The number of carbonyl (C=O) groups is 2. The van der Waals surface area contributed by atoms with E-state index in [1.54, 1.807) is 29.2 Å². The van der Waals surface area contributed by atoms with E-state index in [-0.39, 0.29) is 29.8 Å². The van der Waals surface area contributed by atoms with Crippen molar-refractivity contribution in [3.63, 3.8) is 0 Å². The van der Waals surface area contributed by atoms with Crippen LogP contribution in [0, 0.1) is 13.8 Å². The summed E-state index contributed by atoms with van der Waals surface area (Å²) in [6, 6.07) is 29.9. The summed E-state index contributed by atoms with van der Waals surface area (Å²) >= 11 is 0. The van der Waals surface area contributed by atoms with Gasteiger partial charge < -0.3 is 15.0 Å². The molecule has 0 spiro atoms. The van der Waals surface area contributed by atoms with E-state index < -0.39 is 28.5 Å². The van der Waals surface area contributed by atoms with Gasteiger partial charge in [-0.05, 0) is 81.1 Å². The summed E-state index contributed by atoms with van der Waals surface area (Å²) in [6.45, 7) is 5.85. The molecule has 0 heterocycles. The average molecular weight is 668 g/mol. The molecular formula is C39H45N3O5S. The summed E-state index contributed by atoms with van der Waals surface area (Å²) in [6.07, 6.45) is 4.19. The molecule has 0 unspecified atom stereocenters. The molecule has 48 heavy (non-hydrogen) atoms. The second-order valence-electron chi connectivity index (χ2n) is 12.5. The Bertz CT molecular complexity index is 1770. The van der Waals surface area contributed by atoms with Crippen LogP contribution in [-0.4, -0.2) is 50.4 Å². The number of anilines is 1. The zero-order chi connectivity index (χ0) is 34.1. The minimum atomic E-state index is -4.20. The molecule has 1 saturated carbocycles. The quantitative estimate of drug-likeness (QED) is 0.164. The van der Waals surface area contributed by atoms with Crippen LogP contribution in [0.15, 0.2) is 108 Å². The van der Waals surface area contributed by atoms with Crippen molar-refractivity contribution in [2.24, 2.45) is 0 Å². The van der Waals surface area contributed by atoms with Gasteiger partial charge in [0.25, 0.3) is 10.0 Å². The fourth-order valence-electron chi connectivity index (χ4n) is 6.17. The summed E-state index contributed by atoms with van der Waals surface area (Å²) in [5, 5.41) is 3.22.